The number of aryl methyl sites for hydroxylation is 3. The van der Waals surface area contributed by atoms with Crippen molar-refractivity contribution >= 4 is 40.8 Å². The molecular formula is C23H25Cl2N5O. The smallest absolute Gasteiger partial charge is 0.258 e. The predicted molar refractivity (Wildman–Crippen MR) is 127 cm³/mol. The Morgan fingerprint density at radius 1 is 1.10 bits per heavy atom. The molecule has 0 bridgehead atoms. The number of rotatable bonds is 5. The zero-order valence-corrected chi connectivity index (χ0v) is 19.5. The SMILES string of the molecule is Cc1cc(Cl)ccc1NC(=NCCc1c(C)nn(C)c1C)NC(=O)c1cccc(Cl)c1. The molecule has 2 N–H and O–H groups in total. The van der Waals surface area contributed by atoms with Crippen molar-refractivity contribution in [2.75, 3.05) is 11.9 Å². The van der Waals surface area contributed by atoms with Crippen molar-refractivity contribution in [3.8, 4) is 0 Å². The molecule has 0 unspecified atom stereocenters. The van der Waals surface area contributed by atoms with Crippen LogP contribution in [0.2, 0.25) is 10.0 Å². The second-order valence-corrected chi connectivity index (χ2v) is 8.17. The van der Waals surface area contributed by atoms with Gasteiger partial charge in [0.25, 0.3) is 5.91 Å². The molecule has 0 aliphatic carbocycles. The average Bonchev–Trinajstić information content (AvgIpc) is 2.95. The van der Waals surface area contributed by atoms with Crippen LogP contribution in [0.1, 0.15) is 32.9 Å². The fourth-order valence-corrected chi connectivity index (χ4v) is 3.69. The van der Waals surface area contributed by atoms with E-state index >= 15 is 0 Å². The highest BCUT2D eigenvalue weighted by atomic mass is 35.5. The van der Waals surface area contributed by atoms with Crippen LogP contribution in [0, 0.1) is 20.8 Å². The second kappa shape index (κ2) is 9.98. The van der Waals surface area contributed by atoms with Crippen LogP contribution < -0.4 is 10.6 Å². The number of nitrogens with one attached hydrogen (secondary N) is 2. The highest BCUT2D eigenvalue weighted by Crippen LogP contribution is 2.20. The molecule has 1 heterocycles. The zero-order chi connectivity index (χ0) is 22.5. The largest absolute Gasteiger partial charge is 0.326 e. The first-order chi connectivity index (χ1) is 14.7. The fraction of sp³-hybridized carbons (Fsp3) is 0.261. The Hall–Kier alpha value is -2.83. The summed E-state index contributed by atoms with van der Waals surface area (Å²) in [7, 11) is 1.93. The first-order valence-corrected chi connectivity index (χ1v) is 10.6. The first kappa shape index (κ1) is 22.8. The maximum absolute atomic E-state index is 12.8. The van der Waals surface area contributed by atoms with Crippen LogP contribution in [0.3, 0.4) is 0 Å². The van der Waals surface area contributed by atoms with Gasteiger partial charge in [-0.15, -0.1) is 0 Å². The second-order valence-electron chi connectivity index (χ2n) is 7.30. The van der Waals surface area contributed by atoms with Gasteiger partial charge in [-0.2, -0.15) is 5.10 Å². The normalized spacial score (nSPS) is 11.5. The molecule has 0 fully saturated rings. The molecule has 31 heavy (non-hydrogen) atoms. The number of nitrogens with zero attached hydrogens (tertiary/aromatic N) is 3. The number of anilines is 1. The summed E-state index contributed by atoms with van der Waals surface area (Å²) < 4.78 is 1.87. The molecule has 162 valence electrons. The number of hydrogen-bond acceptors (Lipinski definition) is 3. The Labute approximate surface area is 192 Å². The molecule has 2 aromatic carbocycles. The van der Waals surface area contributed by atoms with Crippen LogP contribution in [0.25, 0.3) is 0 Å². The molecule has 0 saturated heterocycles. The highest BCUT2D eigenvalue weighted by Gasteiger charge is 2.12. The number of aliphatic imine (C=N–C) groups is 1. The molecule has 0 spiro atoms. The van der Waals surface area contributed by atoms with Gasteiger partial charge in [0.1, 0.15) is 0 Å². The van der Waals surface area contributed by atoms with Crippen LogP contribution in [-0.4, -0.2) is 28.2 Å². The van der Waals surface area contributed by atoms with E-state index in [1.165, 1.54) is 0 Å². The highest BCUT2D eigenvalue weighted by molar-refractivity contribution is 6.31. The minimum atomic E-state index is -0.297. The lowest BCUT2D eigenvalue weighted by molar-refractivity contribution is 0.0977. The molecule has 3 rings (SSSR count). The summed E-state index contributed by atoms with van der Waals surface area (Å²) in [4.78, 5) is 17.4. The molecule has 0 saturated carbocycles. The molecular weight excluding hydrogens is 433 g/mol. The van der Waals surface area contributed by atoms with E-state index in [1.807, 2.05) is 44.6 Å². The summed E-state index contributed by atoms with van der Waals surface area (Å²) in [6.07, 6.45) is 0.712. The summed E-state index contributed by atoms with van der Waals surface area (Å²) in [5.74, 6) is 0.0590. The monoisotopic (exact) mass is 457 g/mol. The van der Waals surface area contributed by atoms with E-state index in [4.69, 9.17) is 23.2 Å². The Morgan fingerprint density at radius 2 is 1.84 bits per heavy atom. The van der Waals surface area contributed by atoms with Crippen molar-refractivity contribution in [2.45, 2.75) is 27.2 Å². The third kappa shape index (κ3) is 5.87. The van der Waals surface area contributed by atoms with Gasteiger partial charge in [-0.3, -0.25) is 19.8 Å². The van der Waals surface area contributed by atoms with Crippen LogP contribution in [0.15, 0.2) is 47.5 Å². The average molecular weight is 458 g/mol. The lowest BCUT2D eigenvalue weighted by Crippen LogP contribution is -2.36. The Bertz CT molecular complexity index is 1140. The number of benzene rings is 2. The molecule has 6 nitrogen and oxygen atoms in total. The van der Waals surface area contributed by atoms with Crippen LogP contribution in [0.4, 0.5) is 5.69 Å². The molecule has 0 aliphatic rings. The summed E-state index contributed by atoms with van der Waals surface area (Å²) in [6, 6.07) is 12.3. The predicted octanol–water partition coefficient (Wildman–Crippen LogP) is 5.09. The summed E-state index contributed by atoms with van der Waals surface area (Å²) in [5, 5.41) is 11.7. The number of carbonyl (C=O) groups excluding carboxylic acids is 1. The van der Waals surface area contributed by atoms with Crippen molar-refractivity contribution < 1.29 is 4.79 Å². The third-order valence-corrected chi connectivity index (χ3v) is 5.52. The molecule has 0 atom stereocenters. The van der Waals surface area contributed by atoms with Gasteiger partial charge in [-0.05, 0) is 74.7 Å². The van der Waals surface area contributed by atoms with Crippen molar-refractivity contribution in [2.24, 2.45) is 12.0 Å². The van der Waals surface area contributed by atoms with Gasteiger partial charge in [0.15, 0.2) is 0 Å². The molecule has 0 aliphatic heterocycles. The molecule has 1 amide bonds. The van der Waals surface area contributed by atoms with E-state index in [9.17, 15) is 4.79 Å². The number of halogens is 2. The van der Waals surface area contributed by atoms with Gasteiger partial charge in [0.2, 0.25) is 5.96 Å². The molecule has 3 aromatic rings. The van der Waals surface area contributed by atoms with Gasteiger partial charge in [0, 0.05) is 40.6 Å². The van der Waals surface area contributed by atoms with E-state index in [0.717, 1.165) is 28.2 Å². The van der Waals surface area contributed by atoms with E-state index < -0.39 is 0 Å². The van der Waals surface area contributed by atoms with E-state index in [2.05, 4.69) is 20.7 Å². The molecule has 0 radical (unpaired) electrons. The number of carbonyl (C=O) groups is 1. The van der Waals surface area contributed by atoms with Crippen LogP contribution in [0.5, 0.6) is 0 Å². The van der Waals surface area contributed by atoms with Gasteiger partial charge in [-0.1, -0.05) is 29.3 Å². The fourth-order valence-electron chi connectivity index (χ4n) is 3.27. The van der Waals surface area contributed by atoms with E-state index in [-0.39, 0.29) is 5.91 Å². The number of hydrogen-bond donors (Lipinski definition) is 2. The quantitative estimate of drug-likeness (QED) is 0.413. The summed E-state index contributed by atoms with van der Waals surface area (Å²) >= 11 is 12.1. The minimum Gasteiger partial charge on any atom is -0.326 e. The third-order valence-electron chi connectivity index (χ3n) is 5.05. The van der Waals surface area contributed by atoms with Gasteiger partial charge >= 0.3 is 0 Å². The number of guanidine groups is 1. The zero-order valence-electron chi connectivity index (χ0n) is 18.0. The van der Waals surface area contributed by atoms with Gasteiger partial charge < -0.3 is 5.32 Å². The maximum Gasteiger partial charge on any atom is 0.258 e. The van der Waals surface area contributed by atoms with Gasteiger partial charge in [-0.25, -0.2) is 0 Å². The van der Waals surface area contributed by atoms with E-state index in [0.29, 0.717) is 34.5 Å². The van der Waals surface area contributed by atoms with Crippen molar-refractivity contribution in [3.63, 3.8) is 0 Å². The topological polar surface area (TPSA) is 71.3 Å². The number of amides is 1. The van der Waals surface area contributed by atoms with Gasteiger partial charge in [0.05, 0.1) is 5.69 Å². The first-order valence-electron chi connectivity index (χ1n) is 9.88. The standard InChI is InChI=1S/C23H25Cl2N5O/c1-14-12-19(25)8-9-21(14)27-23(28-22(31)17-6-5-7-18(24)13-17)26-11-10-20-15(2)29-30(4)16(20)3/h5-9,12-13H,10-11H2,1-4H3,(H2,26,27,28,31). The Balaban J connectivity index is 1.82. The molecule has 8 heteroatoms. The van der Waals surface area contributed by atoms with E-state index in [1.54, 1.807) is 30.3 Å². The van der Waals surface area contributed by atoms with Crippen LogP contribution in [-0.2, 0) is 13.5 Å². The maximum atomic E-state index is 12.8. The Kier molecular flexibility index (Phi) is 7.36. The molecule has 1 aromatic heterocycles. The lowest BCUT2D eigenvalue weighted by Gasteiger charge is -2.14. The summed E-state index contributed by atoms with van der Waals surface area (Å²) in [6.45, 7) is 6.45. The van der Waals surface area contributed by atoms with Crippen molar-refractivity contribution in [1.29, 1.82) is 0 Å². The van der Waals surface area contributed by atoms with Crippen molar-refractivity contribution in [3.05, 3.63) is 80.6 Å². The van der Waals surface area contributed by atoms with Crippen molar-refractivity contribution in [1.82, 2.24) is 15.1 Å². The van der Waals surface area contributed by atoms with Crippen LogP contribution >= 0.6 is 23.2 Å². The Morgan fingerprint density at radius 3 is 2.48 bits per heavy atom. The number of aromatic nitrogens is 2. The summed E-state index contributed by atoms with van der Waals surface area (Å²) in [5.41, 5.74) is 5.46. The lowest BCUT2D eigenvalue weighted by atomic mass is 10.1. The minimum absolute atomic E-state index is 0.297.